The Kier molecular flexibility index (Phi) is 4.74. The van der Waals surface area contributed by atoms with E-state index < -0.39 is 0 Å². The van der Waals surface area contributed by atoms with Crippen LogP contribution in [0.4, 0.5) is 5.69 Å². The van der Waals surface area contributed by atoms with Crippen LogP contribution in [0.3, 0.4) is 0 Å². The van der Waals surface area contributed by atoms with Gasteiger partial charge in [0, 0.05) is 16.8 Å². The number of anilines is 1. The highest BCUT2D eigenvalue weighted by Gasteiger charge is 2.01. The van der Waals surface area contributed by atoms with Crippen molar-refractivity contribution in [2.24, 2.45) is 0 Å². The summed E-state index contributed by atoms with van der Waals surface area (Å²) in [5, 5.41) is 0.740. The van der Waals surface area contributed by atoms with Crippen molar-refractivity contribution in [3.8, 4) is 11.5 Å². The maximum Gasteiger partial charge on any atom is 0.124 e. The van der Waals surface area contributed by atoms with Crippen molar-refractivity contribution in [3.05, 3.63) is 52.5 Å². The molecule has 0 aliphatic carbocycles. The summed E-state index contributed by atoms with van der Waals surface area (Å²) in [6.45, 7) is 4.86. The van der Waals surface area contributed by atoms with Crippen LogP contribution in [0.2, 0.25) is 5.02 Å². The average molecular weight is 292 g/mol. The number of nitrogens with two attached hydrogens (primary N) is 1. The van der Waals surface area contributed by atoms with Gasteiger partial charge in [0.05, 0.1) is 0 Å². The third-order valence-electron chi connectivity index (χ3n) is 2.95. The van der Waals surface area contributed by atoms with Gasteiger partial charge in [-0.15, -0.1) is 0 Å². The van der Waals surface area contributed by atoms with Crippen LogP contribution in [0.1, 0.15) is 11.1 Å². The van der Waals surface area contributed by atoms with Crippen LogP contribution in [0, 0.1) is 13.8 Å². The molecular formula is C16H18ClNO2. The zero-order valence-corrected chi connectivity index (χ0v) is 12.4. The smallest absolute Gasteiger partial charge is 0.124 e. The molecule has 0 fully saturated rings. The lowest BCUT2D eigenvalue weighted by molar-refractivity contribution is 0.216. The second kappa shape index (κ2) is 6.53. The van der Waals surface area contributed by atoms with Crippen molar-refractivity contribution in [2.45, 2.75) is 13.8 Å². The van der Waals surface area contributed by atoms with E-state index in [1.165, 1.54) is 0 Å². The Hall–Kier alpha value is -1.87. The minimum atomic E-state index is 0.464. The van der Waals surface area contributed by atoms with Crippen LogP contribution in [0.15, 0.2) is 36.4 Å². The van der Waals surface area contributed by atoms with Gasteiger partial charge in [-0.2, -0.15) is 0 Å². The van der Waals surface area contributed by atoms with Crippen molar-refractivity contribution in [3.63, 3.8) is 0 Å². The molecule has 0 aliphatic rings. The van der Waals surface area contributed by atoms with Crippen LogP contribution in [-0.2, 0) is 0 Å². The fourth-order valence-corrected chi connectivity index (χ4v) is 1.91. The average Bonchev–Trinajstić information content (AvgIpc) is 2.42. The zero-order valence-electron chi connectivity index (χ0n) is 11.7. The van der Waals surface area contributed by atoms with E-state index in [9.17, 15) is 0 Å². The molecule has 2 aromatic carbocycles. The summed E-state index contributed by atoms with van der Waals surface area (Å²) in [5.41, 5.74) is 8.48. The van der Waals surface area contributed by atoms with E-state index in [2.05, 4.69) is 0 Å². The van der Waals surface area contributed by atoms with Gasteiger partial charge in [-0.3, -0.25) is 0 Å². The molecule has 2 N–H and O–H groups in total. The maximum absolute atomic E-state index is 5.96. The maximum atomic E-state index is 5.96. The largest absolute Gasteiger partial charge is 0.490 e. The van der Waals surface area contributed by atoms with Gasteiger partial charge >= 0.3 is 0 Å². The van der Waals surface area contributed by atoms with Gasteiger partial charge < -0.3 is 15.2 Å². The second-order valence-electron chi connectivity index (χ2n) is 4.63. The first-order chi connectivity index (χ1) is 9.56. The Bertz CT molecular complexity index is 599. The predicted molar refractivity (Wildman–Crippen MR) is 82.8 cm³/mol. The van der Waals surface area contributed by atoms with Gasteiger partial charge in [0.15, 0.2) is 0 Å². The van der Waals surface area contributed by atoms with Crippen molar-refractivity contribution in [1.82, 2.24) is 0 Å². The SMILES string of the molecule is Cc1cc(OCCOc2cc(N)ccc2C)ccc1Cl. The highest BCUT2D eigenvalue weighted by Crippen LogP contribution is 2.22. The van der Waals surface area contributed by atoms with E-state index in [1.807, 2.05) is 50.2 Å². The number of hydrogen-bond donors (Lipinski definition) is 1. The first-order valence-electron chi connectivity index (χ1n) is 6.44. The van der Waals surface area contributed by atoms with Crippen molar-refractivity contribution in [1.29, 1.82) is 0 Å². The fraction of sp³-hybridized carbons (Fsp3) is 0.250. The Morgan fingerprint density at radius 2 is 1.70 bits per heavy atom. The predicted octanol–water partition coefficient (Wildman–Crippen LogP) is 4.00. The number of nitrogen functional groups attached to an aromatic ring is 1. The molecule has 0 bridgehead atoms. The molecule has 0 heterocycles. The number of rotatable bonds is 5. The summed E-state index contributed by atoms with van der Waals surface area (Å²) in [6.07, 6.45) is 0. The third-order valence-corrected chi connectivity index (χ3v) is 3.38. The van der Waals surface area contributed by atoms with Crippen molar-refractivity contribution < 1.29 is 9.47 Å². The van der Waals surface area contributed by atoms with Gasteiger partial charge in [0.25, 0.3) is 0 Å². The lowest BCUT2D eigenvalue weighted by atomic mass is 10.2. The summed E-state index contributed by atoms with van der Waals surface area (Å²) < 4.78 is 11.3. The molecule has 0 amide bonds. The molecule has 0 saturated carbocycles. The first kappa shape index (κ1) is 14.5. The van der Waals surface area contributed by atoms with Gasteiger partial charge in [-0.1, -0.05) is 17.7 Å². The van der Waals surface area contributed by atoms with Crippen LogP contribution in [0.25, 0.3) is 0 Å². The second-order valence-corrected chi connectivity index (χ2v) is 5.04. The molecule has 0 radical (unpaired) electrons. The Morgan fingerprint density at radius 3 is 2.45 bits per heavy atom. The lowest BCUT2D eigenvalue weighted by Gasteiger charge is -2.11. The third kappa shape index (κ3) is 3.81. The molecule has 20 heavy (non-hydrogen) atoms. The van der Waals surface area contributed by atoms with Crippen molar-refractivity contribution >= 4 is 17.3 Å². The summed E-state index contributed by atoms with van der Waals surface area (Å²) >= 11 is 5.96. The highest BCUT2D eigenvalue weighted by molar-refractivity contribution is 6.31. The lowest BCUT2D eigenvalue weighted by Crippen LogP contribution is -2.09. The van der Waals surface area contributed by atoms with Crippen LogP contribution in [-0.4, -0.2) is 13.2 Å². The molecule has 2 aromatic rings. The topological polar surface area (TPSA) is 44.5 Å². The molecular weight excluding hydrogens is 274 g/mol. The molecule has 0 saturated heterocycles. The minimum Gasteiger partial charge on any atom is -0.490 e. The van der Waals surface area contributed by atoms with E-state index >= 15 is 0 Å². The van der Waals surface area contributed by atoms with E-state index in [0.717, 1.165) is 27.6 Å². The number of halogens is 1. The fourth-order valence-electron chi connectivity index (χ4n) is 1.79. The van der Waals surface area contributed by atoms with E-state index in [-0.39, 0.29) is 0 Å². The molecule has 4 heteroatoms. The normalized spacial score (nSPS) is 10.3. The Labute approximate surface area is 124 Å². The molecule has 0 aliphatic heterocycles. The number of aryl methyl sites for hydroxylation is 2. The Balaban J connectivity index is 1.84. The molecule has 0 spiro atoms. The molecule has 106 valence electrons. The molecule has 2 rings (SSSR count). The van der Waals surface area contributed by atoms with Crippen LogP contribution < -0.4 is 15.2 Å². The monoisotopic (exact) mass is 291 g/mol. The molecule has 0 aromatic heterocycles. The summed E-state index contributed by atoms with van der Waals surface area (Å²) in [7, 11) is 0. The Morgan fingerprint density at radius 1 is 0.950 bits per heavy atom. The van der Waals surface area contributed by atoms with Crippen LogP contribution in [0.5, 0.6) is 11.5 Å². The summed E-state index contributed by atoms with van der Waals surface area (Å²) in [5.74, 6) is 1.58. The summed E-state index contributed by atoms with van der Waals surface area (Å²) in [6, 6.07) is 11.2. The standard InChI is InChI=1S/C16H18ClNO2/c1-11-3-4-13(18)10-16(11)20-8-7-19-14-5-6-15(17)12(2)9-14/h3-6,9-10H,7-8,18H2,1-2H3. The molecule has 3 nitrogen and oxygen atoms in total. The molecule has 0 atom stereocenters. The minimum absolute atomic E-state index is 0.464. The van der Waals surface area contributed by atoms with Gasteiger partial charge in [-0.05, 0) is 49.2 Å². The van der Waals surface area contributed by atoms with Crippen LogP contribution >= 0.6 is 11.6 Å². The van der Waals surface area contributed by atoms with E-state index in [4.69, 9.17) is 26.8 Å². The van der Waals surface area contributed by atoms with Gasteiger partial charge in [0.2, 0.25) is 0 Å². The van der Waals surface area contributed by atoms with Gasteiger partial charge in [-0.25, -0.2) is 0 Å². The van der Waals surface area contributed by atoms with Gasteiger partial charge in [0.1, 0.15) is 24.7 Å². The quantitative estimate of drug-likeness (QED) is 0.669. The number of hydrogen-bond acceptors (Lipinski definition) is 3. The summed E-state index contributed by atoms with van der Waals surface area (Å²) in [4.78, 5) is 0. The highest BCUT2D eigenvalue weighted by atomic mass is 35.5. The van der Waals surface area contributed by atoms with E-state index in [1.54, 1.807) is 0 Å². The zero-order chi connectivity index (χ0) is 14.5. The number of benzene rings is 2. The molecule has 0 unspecified atom stereocenters. The first-order valence-corrected chi connectivity index (χ1v) is 6.82. The van der Waals surface area contributed by atoms with E-state index in [0.29, 0.717) is 18.9 Å². The number of ether oxygens (including phenoxy) is 2. The van der Waals surface area contributed by atoms with Crippen molar-refractivity contribution in [2.75, 3.05) is 18.9 Å².